The maximum Gasteiger partial charge on any atom is 0.248 e. The second-order valence-electron chi connectivity index (χ2n) is 5.49. The molecule has 0 unspecified atom stereocenters. The van der Waals surface area contributed by atoms with E-state index in [-0.39, 0.29) is 12.8 Å². The monoisotopic (exact) mass is 269 g/mol. The minimum Gasteiger partial charge on any atom is -0.382 e. The van der Waals surface area contributed by atoms with Gasteiger partial charge in [0.1, 0.15) is 0 Å². The fraction of sp³-hybridized carbons (Fsp3) is 0.625. The fourth-order valence-electron chi connectivity index (χ4n) is 2.58. The Morgan fingerprint density at radius 1 is 1.16 bits per heavy atom. The molecular weight excluding hydrogens is 244 g/mol. The van der Waals surface area contributed by atoms with Crippen LogP contribution in [0.5, 0.6) is 0 Å². The van der Waals surface area contributed by atoms with Crippen LogP contribution in [0.25, 0.3) is 0 Å². The van der Waals surface area contributed by atoms with Crippen molar-refractivity contribution in [2.75, 3.05) is 0 Å². The minimum atomic E-state index is -2.53. The average molecular weight is 269 g/mol. The summed E-state index contributed by atoms with van der Waals surface area (Å²) >= 11 is 0. The maximum absolute atomic E-state index is 13.3. The van der Waals surface area contributed by atoms with Gasteiger partial charge < -0.3 is 5.32 Å². The number of hydrogen-bond acceptors (Lipinski definition) is 1. The molecule has 1 aliphatic carbocycles. The third-order valence-corrected chi connectivity index (χ3v) is 4.17. The molecule has 1 nitrogen and oxygen atoms in total. The molecule has 1 N–H and O–H groups in total. The first-order valence-electron chi connectivity index (χ1n) is 6.96. The van der Waals surface area contributed by atoms with Crippen LogP contribution in [0.2, 0.25) is 0 Å². The van der Waals surface area contributed by atoms with Gasteiger partial charge in [-0.2, -0.15) is 0 Å². The van der Waals surface area contributed by atoms with Crippen LogP contribution in [0, 0.1) is 0 Å². The zero-order valence-electron chi connectivity index (χ0n) is 11.9. The summed E-state index contributed by atoms with van der Waals surface area (Å²) in [6, 6.07) is 0. The van der Waals surface area contributed by atoms with Crippen molar-refractivity contribution in [3.05, 3.63) is 37.1 Å². The van der Waals surface area contributed by atoms with Crippen molar-refractivity contribution in [3.63, 3.8) is 0 Å². The highest BCUT2D eigenvalue weighted by Crippen LogP contribution is 2.42. The van der Waals surface area contributed by atoms with E-state index in [0.29, 0.717) is 12.8 Å². The highest BCUT2D eigenvalue weighted by molar-refractivity contribution is 5.21. The average Bonchev–Trinajstić information content (AvgIpc) is 2.38. The molecule has 0 saturated heterocycles. The second-order valence-corrected chi connectivity index (χ2v) is 5.49. The topological polar surface area (TPSA) is 12.0 Å². The summed E-state index contributed by atoms with van der Waals surface area (Å²) in [5, 5.41) is 3.18. The van der Waals surface area contributed by atoms with Gasteiger partial charge in [0.25, 0.3) is 0 Å². The molecule has 0 aromatic heterocycles. The molecule has 1 saturated carbocycles. The van der Waals surface area contributed by atoms with Gasteiger partial charge in [0.2, 0.25) is 5.92 Å². The van der Waals surface area contributed by atoms with E-state index in [1.165, 1.54) is 5.57 Å². The van der Waals surface area contributed by atoms with E-state index in [1.54, 1.807) is 6.20 Å². The van der Waals surface area contributed by atoms with Crippen LogP contribution in [0.15, 0.2) is 37.1 Å². The first kappa shape index (κ1) is 15.9. The van der Waals surface area contributed by atoms with Crippen molar-refractivity contribution in [1.82, 2.24) is 5.32 Å². The van der Waals surface area contributed by atoms with Gasteiger partial charge in [-0.1, -0.05) is 37.8 Å². The Kier molecular flexibility index (Phi) is 5.33. The Hall–Kier alpha value is -1.12. The van der Waals surface area contributed by atoms with E-state index >= 15 is 0 Å². The molecule has 19 heavy (non-hydrogen) atoms. The van der Waals surface area contributed by atoms with Crippen molar-refractivity contribution >= 4 is 0 Å². The number of alkyl halides is 2. The van der Waals surface area contributed by atoms with Crippen LogP contribution in [-0.4, -0.2) is 11.5 Å². The van der Waals surface area contributed by atoms with Crippen molar-refractivity contribution in [2.24, 2.45) is 0 Å². The predicted molar refractivity (Wildman–Crippen MR) is 77.3 cm³/mol. The van der Waals surface area contributed by atoms with Gasteiger partial charge in [-0.15, -0.1) is 0 Å². The summed E-state index contributed by atoms with van der Waals surface area (Å²) in [6.07, 6.45) is 4.91. The van der Waals surface area contributed by atoms with Crippen molar-refractivity contribution in [2.45, 2.75) is 63.3 Å². The Balaban J connectivity index is 2.69. The molecule has 0 atom stereocenters. The van der Waals surface area contributed by atoms with Gasteiger partial charge in [0.05, 0.1) is 5.54 Å². The highest BCUT2D eigenvalue weighted by Gasteiger charge is 2.44. The van der Waals surface area contributed by atoms with Crippen LogP contribution in [0.4, 0.5) is 8.78 Å². The molecule has 0 heterocycles. The SMILES string of the molecule is C=CNC1(C(=C)CCC(=C)CC)CCC(F)(F)CC1. The lowest BCUT2D eigenvalue weighted by molar-refractivity contribution is -0.0494. The first-order valence-corrected chi connectivity index (χ1v) is 6.96. The van der Waals surface area contributed by atoms with Crippen molar-refractivity contribution in [1.29, 1.82) is 0 Å². The third-order valence-electron chi connectivity index (χ3n) is 4.17. The van der Waals surface area contributed by atoms with Crippen molar-refractivity contribution < 1.29 is 8.78 Å². The second kappa shape index (κ2) is 6.36. The highest BCUT2D eigenvalue weighted by atomic mass is 19.3. The quantitative estimate of drug-likeness (QED) is 0.643. The van der Waals surface area contributed by atoms with Gasteiger partial charge in [-0.25, -0.2) is 8.78 Å². The summed E-state index contributed by atoms with van der Waals surface area (Å²) < 4.78 is 26.6. The third kappa shape index (κ3) is 4.19. The van der Waals surface area contributed by atoms with Gasteiger partial charge in [-0.3, -0.25) is 0 Å². The Bertz CT molecular complexity index is 348. The first-order chi connectivity index (χ1) is 8.85. The van der Waals surface area contributed by atoms with Crippen molar-refractivity contribution in [3.8, 4) is 0 Å². The normalized spacial score (nSPS) is 20.6. The molecule has 108 valence electrons. The fourth-order valence-corrected chi connectivity index (χ4v) is 2.58. The van der Waals surface area contributed by atoms with Crippen LogP contribution in [0.3, 0.4) is 0 Å². The van der Waals surface area contributed by atoms with Gasteiger partial charge in [0.15, 0.2) is 0 Å². The van der Waals surface area contributed by atoms with E-state index in [0.717, 1.165) is 24.8 Å². The van der Waals surface area contributed by atoms with Crippen LogP contribution in [0.1, 0.15) is 51.9 Å². The molecule has 0 bridgehead atoms. The van der Waals surface area contributed by atoms with Gasteiger partial charge >= 0.3 is 0 Å². The Morgan fingerprint density at radius 3 is 2.21 bits per heavy atom. The Labute approximate surface area is 115 Å². The van der Waals surface area contributed by atoms with Crippen LogP contribution < -0.4 is 5.32 Å². The van der Waals surface area contributed by atoms with Gasteiger partial charge in [-0.05, 0) is 38.3 Å². The molecule has 1 rings (SSSR count). The molecule has 0 radical (unpaired) electrons. The van der Waals surface area contributed by atoms with Crippen LogP contribution in [-0.2, 0) is 0 Å². The number of rotatable bonds is 7. The maximum atomic E-state index is 13.3. The zero-order chi connectivity index (χ0) is 14.5. The molecular formula is C16H25F2N. The zero-order valence-corrected chi connectivity index (χ0v) is 11.9. The number of nitrogens with one attached hydrogen (secondary N) is 1. The minimum absolute atomic E-state index is 0.0818. The summed E-state index contributed by atoms with van der Waals surface area (Å²) in [5.41, 5.74) is 1.77. The molecule has 0 amide bonds. The number of hydrogen-bond donors (Lipinski definition) is 1. The lowest BCUT2D eigenvalue weighted by Crippen LogP contribution is -2.49. The van der Waals surface area contributed by atoms with E-state index in [9.17, 15) is 8.78 Å². The van der Waals surface area contributed by atoms with E-state index in [2.05, 4.69) is 32.0 Å². The van der Waals surface area contributed by atoms with E-state index in [4.69, 9.17) is 0 Å². The van der Waals surface area contributed by atoms with E-state index in [1.807, 2.05) is 0 Å². The van der Waals surface area contributed by atoms with Gasteiger partial charge in [0, 0.05) is 12.8 Å². The standard InChI is InChI=1S/C16H25F2N/c1-5-13(3)7-8-14(4)15(19-6-2)9-11-16(17,18)12-10-15/h6,19H,2-5,7-12H2,1H3. The number of allylic oxidation sites excluding steroid dienone is 1. The van der Waals surface area contributed by atoms with Crippen LogP contribution >= 0.6 is 0 Å². The number of halogens is 2. The summed E-state index contributed by atoms with van der Waals surface area (Å²) in [5.74, 6) is -2.53. The molecule has 0 aliphatic heterocycles. The molecule has 0 aromatic carbocycles. The predicted octanol–water partition coefficient (Wildman–Crippen LogP) is 4.97. The molecule has 3 heteroatoms. The molecule has 0 aromatic rings. The Morgan fingerprint density at radius 2 is 1.74 bits per heavy atom. The molecule has 1 fully saturated rings. The lowest BCUT2D eigenvalue weighted by Gasteiger charge is -2.42. The molecule has 0 spiro atoms. The summed E-state index contributed by atoms with van der Waals surface area (Å²) in [6.45, 7) is 13.9. The lowest BCUT2D eigenvalue weighted by atomic mass is 9.74. The summed E-state index contributed by atoms with van der Waals surface area (Å²) in [4.78, 5) is 0. The summed E-state index contributed by atoms with van der Waals surface area (Å²) in [7, 11) is 0. The smallest absolute Gasteiger partial charge is 0.248 e. The largest absolute Gasteiger partial charge is 0.382 e. The van der Waals surface area contributed by atoms with E-state index < -0.39 is 11.5 Å². The molecule has 1 aliphatic rings.